The van der Waals surface area contributed by atoms with E-state index in [9.17, 15) is 9.59 Å². The van der Waals surface area contributed by atoms with Gasteiger partial charge in [-0.2, -0.15) is 0 Å². The summed E-state index contributed by atoms with van der Waals surface area (Å²) in [5.41, 5.74) is 1.79. The van der Waals surface area contributed by atoms with Crippen molar-refractivity contribution >= 4 is 18.2 Å². The molecule has 0 radical (unpaired) electrons. The molecule has 0 aliphatic heterocycles. The predicted octanol–water partition coefficient (Wildman–Crippen LogP) is 1.95. The van der Waals surface area contributed by atoms with Crippen LogP contribution in [-0.4, -0.2) is 57.3 Å². The largest absolute Gasteiger partial charge is 0.496 e. The summed E-state index contributed by atoms with van der Waals surface area (Å²) in [6.45, 7) is 0.607. The number of carbonyl (C=O) groups is 2. The minimum atomic E-state index is -1.26. The van der Waals surface area contributed by atoms with Crippen LogP contribution in [0, 0.1) is 0 Å². The highest BCUT2D eigenvalue weighted by molar-refractivity contribution is 5.89. The van der Waals surface area contributed by atoms with Crippen LogP contribution in [0.4, 0.5) is 0 Å². The molecule has 1 aromatic heterocycles. The van der Waals surface area contributed by atoms with E-state index in [-0.39, 0.29) is 0 Å². The molecular weight excluding hydrogens is 370 g/mol. The van der Waals surface area contributed by atoms with Crippen LogP contribution in [0.2, 0.25) is 0 Å². The van der Waals surface area contributed by atoms with E-state index < -0.39 is 11.9 Å². The summed E-state index contributed by atoms with van der Waals surface area (Å²) in [5.74, 6) is -1.18. The van der Waals surface area contributed by atoms with E-state index in [0.29, 0.717) is 30.1 Å². The van der Waals surface area contributed by atoms with Gasteiger partial charge in [0.2, 0.25) is 0 Å². The number of nitrogens with one attached hydrogen (secondary N) is 1. The summed E-state index contributed by atoms with van der Waals surface area (Å²) in [7, 11) is 1.56. The number of carboxylic acid groups (broad SMARTS) is 2. The molecule has 2 rings (SSSR count). The zero-order valence-electron chi connectivity index (χ0n) is 15.1. The van der Waals surface area contributed by atoms with E-state index in [4.69, 9.17) is 24.9 Å². The van der Waals surface area contributed by atoms with Gasteiger partial charge in [-0.25, -0.2) is 14.6 Å². The van der Waals surface area contributed by atoms with Gasteiger partial charge in [-0.1, -0.05) is 5.16 Å². The average Bonchev–Trinajstić information content (AvgIpc) is 3.19. The Labute approximate surface area is 160 Å². The lowest BCUT2D eigenvalue weighted by Gasteiger charge is -2.09. The summed E-state index contributed by atoms with van der Waals surface area (Å²) >= 11 is 0. The van der Waals surface area contributed by atoms with Crippen LogP contribution >= 0.6 is 0 Å². The lowest BCUT2D eigenvalue weighted by atomic mass is 10.2. The van der Waals surface area contributed by atoms with Gasteiger partial charge >= 0.3 is 11.9 Å². The van der Waals surface area contributed by atoms with Crippen molar-refractivity contribution in [3.63, 3.8) is 0 Å². The van der Waals surface area contributed by atoms with Gasteiger partial charge in [0, 0.05) is 35.7 Å². The average molecular weight is 391 g/mol. The van der Waals surface area contributed by atoms with Gasteiger partial charge in [-0.3, -0.25) is 0 Å². The number of aromatic amines is 1. The predicted molar refractivity (Wildman–Crippen MR) is 99.2 cm³/mol. The Morgan fingerprint density at radius 2 is 1.96 bits per heavy atom. The van der Waals surface area contributed by atoms with E-state index in [1.54, 1.807) is 25.6 Å². The highest BCUT2D eigenvalue weighted by Crippen LogP contribution is 2.23. The van der Waals surface area contributed by atoms with E-state index in [1.165, 1.54) is 6.21 Å². The van der Waals surface area contributed by atoms with E-state index in [1.807, 2.05) is 12.3 Å². The van der Waals surface area contributed by atoms with Crippen molar-refractivity contribution in [2.75, 3.05) is 13.7 Å². The zero-order valence-corrected chi connectivity index (χ0v) is 15.1. The monoisotopic (exact) mass is 391 g/mol. The van der Waals surface area contributed by atoms with Gasteiger partial charge in [0.25, 0.3) is 0 Å². The molecule has 0 aliphatic carbocycles. The number of H-pyrrole nitrogens is 1. The van der Waals surface area contributed by atoms with Gasteiger partial charge < -0.3 is 29.9 Å². The minimum Gasteiger partial charge on any atom is -0.496 e. The molecule has 150 valence electrons. The number of aliphatic carboxylic acids is 2. The SMILES string of the molecule is COc1cc(OCCCc2cnc[nH]2)ccc1/C=N/O.O=C(O)/C=C\C(=O)O. The fourth-order valence-electron chi connectivity index (χ4n) is 1.97. The standard InChI is InChI=1S/C14H17N3O3.C4H4O4/c1-19-14-7-13(5-4-11(14)8-17-18)20-6-2-3-12-9-15-10-16-12;5-3(6)1-2-4(7)8/h4-5,7-10,18H,2-3,6H2,1H3,(H,15,16);1-2H,(H,5,6)(H,7,8)/b17-8+;2-1-. The van der Waals surface area contributed by atoms with Gasteiger partial charge in [0.15, 0.2) is 0 Å². The fraction of sp³-hybridized carbons (Fsp3) is 0.222. The number of ether oxygens (including phenoxy) is 2. The molecule has 4 N–H and O–H groups in total. The normalized spacial score (nSPS) is 10.5. The number of oxime groups is 1. The van der Waals surface area contributed by atoms with Crippen molar-refractivity contribution in [3.8, 4) is 11.5 Å². The molecule has 0 amide bonds. The first-order chi connectivity index (χ1) is 13.5. The van der Waals surface area contributed by atoms with Crippen molar-refractivity contribution < 1.29 is 34.5 Å². The molecule has 0 saturated carbocycles. The second-order valence-electron chi connectivity index (χ2n) is 5.19. The van der Waals surface area contributed by atoms with Crippen LogP contribution in [0.1, 0.15) is 17.7 Å². The maximum atomic E-state index is 9.55. The number of aryl methyl sites for hydroxylation is 1. The number of hydrogen-bond donors (Lipinski definition) is 4. The third kappa shape index (κ3) is 9.04. The van der Waals surface area contributed by atoms with Crippen molar-refractivity contribution in [3.05, 3.63) is 54.1 Å². The first-order valence-corrected chi connectivity index (χ1v) is 8.05. The second-order valence-corrected chi connectivity index (χ2v) is 5.19. The molecule has 10 nitrogen and oxygen atoms in total. The molecule has 0 fully saturated rings. The maximum absolute atomic E-state index is 9.55. The van der Waals surface area contributed by atoms with Crippen LogP contribution < -0.4 is 9.47 Å². The Bertz CT molecular complexity index is 786. The molecule has 0 aliphatic rings. The highest BCUT2D eigenvalue weighted by atomic mass is 16.5. The Morgan fingerprint density at radius 1 is 1.25 bits per heavy atom. The Balaban J connectivity index is 0.000000416. The molecule has 10 heteroatoms. The zero-order chi connectivity index (χ0) is 20.8. The Morgan fingerprint density at radius 3 is 2.50 bits per heavy atom. The smallest absolute Gasteiger partial charge is 0.328 e. The molecule has 0 atom stereocenters. The van der Waals surface area contributed by atoms with E-state index >= 15 is 0 Å². The minimum absolute atomic E-state index is 0.558. The van der Waals surface area contributed by atoms with Crippen molar-refractivity contribution in [1.82, 2.24) is 9.97 Å². The number of methoxy groups -OCH3 is 1. The molecule has 1 heterocycles. The molecule has 0 spiro atoms. The van der Waals surface area contributed by atoms with Crippen LogP contribution in [0.15, 0.2) is 48.0 Å². The number of rotatable bonds is 9. The molecule has 0 saturated heterocycles. The number of hydrogen-bond acceptors (Lipinski definition) is 7. The topological polar surface area (TPSA) is 154 Å². The first-order valence-electron chi connectivity index (χ1n) is 8.05. The van der Waals surface area contributed by atoms with E-state index in [0.717, 1.165) is 24.3 Å². The summed E-state index contributed by atoms with van der Waals surface area (Å²) in [4.78, 5) is 26.1. The lowest BCUT2D eigenvalue weighted by molar-refractivity contribution is -0.134. The quantitative estimate of drug-likeness (QED) is 0.166. The van der Waals surface area contributed by atoms with Gasteiger partial charge in [-0.05, 0) is 25.0 Å². The van der Waals surface area contributed by atoms with Crippen molar-refractivity contribution in [2.24, 2.45) is 5.16 Å². The van der Waals surface area contributed by atoms with Crippen molar-refractivity contribution in [2.45, 2.75) is 12.8 Å². The summed E-state index contributed by atoms with van der Waals surface area (Å²) in [6.07, 6.45) is 7.71. The molecular formula is C18H21N3O7. The number of benzene rings is 1. The summed E-state index contributed by atoms with van der Waals surface area (Å²) in [6, 6.07) is 5.37. The number of imidazole rings is 1. The van der Waals surface area contributed by atoms with Gasteiger partial charge in [0.05, 0.1) is 26.3 Å². The molecule has 0 bridgehead atoms. The van der Waals surface area contributed by atoms with Crippen LogP contribution in [0.5, 0.6) is 11.5 Å². The molecule has 28 heavy (non-hydrogen) atoms. The highest BCUT2D eigenvalue weighted by Gasteiger charge is 2.04. The van der Waals surface area contributed by atoms with Crippen LogP contribution in [-0.2, 0) is 16.0 Å². The number of nitrogens with zero attached hydrogens (tertiary/aromatic N) is 2. The van der Waals surface area contributed by atoms with E-state index in [2.05, 4.69) is 15.1 Å². The second kappa shape index (κ2) is 12.5. The van der Waals surface area contributed by atoms with Gasteiger partial charge in [-0.15, -0.1) is 0 Å². The summed E-state index contributed by atoms with van der Waals surface area (Å²) < 4.78 is 10.9. The van der Waals surface area contributed by atoms with Crippen LogP contribution in [0.3, 0.4) is 0 Å². The van der Waals surface area contributed by atoms with Crippen LogP contribution in [0.25, 0.3) is 0 Å². The number of aromatic nitrogens is 2. The lowest BCUT2D eigenvalue weighted by Crippen LogP contribution is -2.00. The van der Waals surface area contributed by atoms with Gasteiger partial charge in [0.1, 0.15) is 11.5 Å². The molecule has 2 aromatic rings. The number of carboxylic acids is 2. The Kier molecular flexibility index (Phi) is 9.94. The molecule has 1 aromatic carbocycles. The first kappa shape index (κ1) is 22.2. The maximum Gasteiger partial charge on any atom is 0.328 e. The third-order valence-corrected chi connectivity index (χ3v) is 3.18. The molecule has 0 unspecified atom stereocenters. The van der Waals surface area contributed by atoms with Crippen molar-refractivity contribution in [1.29, 1.82) is 0 Å². The summed E-state index contributed by atoms with van der Waals surface area (Å²) in [5, 5.41) is 27.2. The third-order valence-electron chi connectivity index (χ3n) is 3.18. The fourth-order valence-corrected chi connectivity index (χ4v) is 1.97. The Hall–Kier alpha value is -3.82.